The van der Waals surface area contributed by atoms with Gasteiger partial charge in [0.1, 0.15) is 6.04 Å². The van der Waals surface area contributed by atoms with Gasteiger partial charge in [0.15, 0.2) is 12.2 Å². The average molecular weight is 410 g/mol. The Morgan fingerprint density at radius 3 is 2.54 bits per heavy atom. The minimum absolute atomic E-state index is 0.166. The van der Waals surface area contributed by atoms with Crippen LogP contribution < -0.4 is 10.2 Å². The zero-order valence-electron chi connectivity index (χ0n) is 15.9. The summed E-state index contributed by atoms with van der Waals surface area (Å²) in [6, 6.07) is 6.91. The number of para-hydroxylation sites is 1. The predicted molar refractivity (Wildman–Crippen MR) is 103 cm³/mol. The summed E-state index contributed by atoms with van der Waals surface area (Å²) in [7, 11) is 0. The smallest absolute Gasteiger partial charge is 0.338 e. The molecule has 2 fully saturated rings. The zero-order valence-corrected chi connectivity index (χ0v) is 16.6. The summed E-state index contributed by atoms with van der Waals surface area (Å²) >= 11 is 6.24. The summed E-state index contributed by atoms with van der Waals surface area (Å²) in [6.45, 7) is 5.93. The van der Waals surface area contributed by atoms with E-state index < -0.39 is 30.1 Å². The van der Waals surface area contributed by atoms with Crippen LogP contribution in [-0.4, -0.2) is 73.7 Å². The van der Waals surface area contributed by atoms with E-state index in [-0.39, 0.29) is 12.5 Å². The molecule has 0 spiro atoms. The number of amides is 2. The van der Waals surface area contributed by atoms with Gasteiger partial charge in [0.2, 0.25) is 5.91 Å². The molecule has 8 nitrogen and oxygen atoms in total. The van der Waals surface area contributed by atoms with Crippen molar-refractivity contribution in [2.75, 3.05) is 37.7 Å². The second-order valence-electron chi connectivity index (χ2n) is 6.72. The highest BCUT2D eigenvalue weighted by molar-refractivity contribution is 6.33. The molecule has 0 aromatic heterocycles. The molecule has 0 unspecified atom stereocenters. The maximum Gasteiger partial charge on any atom is 0.338 e. The highest BCUT2D eigenvalue weighted by Crippen LogP contribution is 2.26. The number of rotatable bonds is 6. The van der Waals surface area contributed by atoms with Crippen LogP contribution >= 0.6 is 11.6 Å². The Balaban J connectivity index is 1.47. The number of hydrogen-bond acceptors (Lipinski definition) is 6. The van der Waals surface area contributed by atoms with Crippen LogP contribution in [0.15, 0.2) is 24.3 Å². The summed E-state index contributed by atoms with van der Waals surface area (Å²) in [5.74, 6) is -1.20. The molecule has 0 bridgehead atoms. The Bertz CT molecular complexity index is 751. The molecule has 0 aliphatic carbocycles. The fourth-order valence-electron chi connectivity index (χ4n) is 3.22. The molecule has 28 heavy (non-hydrogen) atoms. The van der Waals surface area contributed by atoms with Gasteiger partial charge in [-0.25, -0.2) is 4.79 Å². The highest BCUT2D eigenvalue weighted by atomic mass is 35.5. The van der Waals surface area contributed by atoms with Crippen molar-refractivity contribution in [1.29, 1.82) is 0 Å². The van der Waals surface area contributed by atoms with Crippen LogP contribution in [0, 0.1) is 0 Å². The lowest BCUT2D eigenvalue weighted by Gasteiger charge is -2.37. The van der Waals surface area contributed by atoms with Crippen LogP contribution in [0.1, 0.15) is 13.8 Å². The number of epoxide rings is 1. The fourth-order valence-corrected chi connectivity index (χ4v) is 3.48. The molecule has 9 heteroatoms. The van der Waals surface area contributed by atoms with E-state index in [9.17, 15) is 14.4 Å². The maximum absolute atomic E-state index is 12.6. The molecule has 0 saturated carbocycles. The number of ether oxygens (including phenoxy) is 2. The third-order valence-corrected chi connectivity index (χ3v) is 5.10. The van der Waals surface area contributed by atoms with Crippen molar-refractivity contribution in [2.24, 2.45) is 0 Å². The predicted octanol–water partition coefficient (Wildman–Crippen LogP) is 0.824. The topological polar surface area (TPSA) is 91.5 Å². The number of carbonyl (C=O) groups is 3. The van der Waals surface area contributed by atoms with Gasteiger partial charge in [0, 0.05) is 26.2 Å². The Hall–Kier alpha value is -2.32. The molecule has 1 aromatic carbocycles. The van der Waals surface area contributed by atoms with Gasteiger partial charge in [-0.3, -0.25) is 9.59 Å². The molecule has 152 valence electrons. The van der Waals surface area contributed by atoms with E-state index in [2.05, 4.69) is 10.2 Å². The maximum atomic E-state index is 12.6. The monoisotopic (exact) mass is 409 g/mol. The van der Waals surface area contributed by atoms with Gasteiger partial charge < -0.3 is 24.6 Å². The van der Waals surface area contributed by atoms with Gasteiger partial charge in [0.05, 0.1) is 17.3 Å². The first-order chi connectivity index (χ1) is 13.4. The molecule has 3 rings (SSSR count). The van der Waals surface area contributed by atoms with Crippen molar-refractivity contribution in [1.82, 2.24) is 10.2 Å². The van der Waals surface area contributed by atoms with Crippen molar-refractivity contribution in [3.63, 3.8) is 0 Å². The first-order valence-corrected chi connectivity index (χ1v) is 9.71. The second-order valence-corrected chi connectivity index (χ2v) is 7.13. The summed E-state index contributed by atoms with van der Waals surface area (Å²) in [5.41, 5.74) is 0.952. The molecular formula is C19H24ClN3O5. The molecular weight excluding hydrogens is 386 g/mol. The Morgan fingerprint density at radius 1 is 1.21 bits per heavy atom. The largest absolute Gasteiger partial charge is 0.464 e. The van der Waals surface area contributed by atoms with Gasteiger partial charge in [-0.1, -0.05) is 23.7 Å². The van der Waals surface area contributed by atoms with Crippen LogP contribution in [0.4, 0.5) is 5.69 Å². The molecule has 1 N–H and O–H groups in total. The van der Waals surface area contributed by atoms with E-state index in [1.54, 1.807) is 18.7 Å². The number of carbonyl (C=O) groups excluding carboxylic acids is 3. The number of nitrogens with one attached hydrogen (secondary N) is 1. The third kappa shape index (κ3) is 4.56. The number of nitrogens with zero attached hydrogens (tertiary/aromatic N) is 2. The van der Waals surface area contributed by atoms with Gasteiger partial charge in [0.25, 0.3) is 5.91 Å². The SMILES string of the molecule is CCOC(=O)[C@H]1O[C@@H]1C(=O)N[C@@H](C)C(=O)N1CCN(c2ccccc2Cl)CC1. The highest BCUT2D eigenvalue weighted by Gasteiger charge is 2.52. The fraction of sp³-hybridized carbons (Fsp3) is 0.526. The molecule has 1 aromatic rings. The zero-order chi connectivity index (χ0) is 20.3. The lowest BCUT2D eigenvalue weighted by molar-refractivity contribution is -0.144. The van der Waals surface area contributed by atoms with Crippen LogP contribution in [-0.2, 0) is 23.9 Å². The second kappa shape index (κ2) is 8.79. The standard InChI is InChI=1S/C19H24ClN3O5/c1-3-27-19(26)16-15(28-16)17(24)21-12(2)18(25)23-10-8-22(9-11-23)14-7-5-4-6-13(14)20/h4-7,12,15-16H,3,8-11H2,1-2H3,(H,21,24)/t12-,15-,16-/m0/s1. The number of hydrogen-bond donors (Lipinski definition) is 1. The average Bonchev–Trinajstić information content (AvgIpc) is 3.49. The van der Waals surface area contributed by atoms with Crippen molar-refractivity contribution in [3.05, 3.63) is 29.3 Å². The molecule has 2 saturated heterocycles. The lowest BCUT2D eigenvalue weighted by Crippen LogP contribution is -2.54. The first-order valence-electron chi connectivity index (χ1n) is 9.33. The molecule has 0 radical (unpaired) electrons. The lowest BCUT2D eigenvalue weighted by atomic mass is 10.2. The number of halogens is 1. The number of piperazine rings is 1. The molecule has 2 aliphatic heterocycles. The van der Waals surface area contributed by atoms with Gasteiger partial charge >= 0.3 is 5.97 Å². The number of esters is 1. The van der Waals surface area contributed by atoms with E-state index in [1.807, 2.05) is 24.3 Å². The van der Waals surface area contributed by atoms with Crippen LogP contribution in [0.5, 0.6) is 0 Å². The van der Waals surface area contributed by atoms with Gasteiger partial charge in [-0.2, -0.15) is 0 Å². The van der Waals surface area contributed by atoms with Crippen LogP contribution in [0.3, 0.4) is 0 Å². The third-order valence-electron chi connectivity index (χ3n) is 4.78. The van der Waals surface area contributed by atoms with Crippen molar-refractivity contribution >= 4 is 35.1 Å². The molecule has 2 aliphatic rings. The first kappa shape index (κ1) is 20.4. The van der Waals surface area contributed by atoms with Crippen molar-refractivity contribution < 1.29 is 23.9 Å². The van der Waals surface area contributed by atoms with Crippen LogP contribution in [0.25, 0.3) is 0 Å². The number of benzene rings is 1. The molecule has 2 heterocycles. The quantitative estimate of drug-likeness (QED) is 0.552. The summed E-state index contributed by atoms with van der Waals surface area (Å²) in [5, 5.41) is 3.30. The minimum Gasteiger partial charge on any atom is -0.464 e. The van der Waals surface area contributed by atoms with E-state index in [0.717, 1.165) is 5.69 Å². The number of anilines is 1. The van der Waals surface area contributed by atoms with Crippen molar-refractivity contribution in [2.45, 2.75) is 32.1 Å². The van der Waals surface area contributed by atoms with Crippen LogP contribution in [0.2, 0.25) is 5.02 Å². The normalized spacial score (nSPS) is 22.4. The van der Waals surface area contributed by atoms with E-state index in [0.29, 0.717) is 31.2 Å². The van der Waals surface area contributed by atoms with E-state index in [1.165, 1.54) is 0 Å². The summed E-state index contributed by atoms with van der Waals surface area (Å²) < 4.78 is 9.88. The van der Waals surface area contributed by atoms with E-state index in [4.69, 9.17) is 21.1 Å². The van der Waals surface area contributed by atoms with E-state index >= 15 is 0 Å². The Morgan fingerprint density at radius 2 is 1.89 bits per heavy atom. The summed E-state index contributed by atoms with van der Waals surface area (Å²) in [4.78, 5) is 40.2. The Kier molecular flexibility index (Phi) is 6.41. The summed E-state index contributed by atoms with van der Waals surface area (Å²) in [6.07, 6.45) is -1.76. The Labute approximate surface area is 168 Å². The minimum atomic E-state index is -0.883. The molecule has 2 amide bonds. The van der Waals surface area contributed by atoms with Crippen molar-refractivity contribution in [3.8, 4) is 0 Å². The van der Waals surface area contributed by atoms with Gasteiger partial charge in [-0.15, -0.1) is 0 Å². The molecule has 3 atom stereocenters. The van der Waals surface area contributed by atoms with Gasteiger partial charge in [-0.05, 0) is 26.0 Å².